The number of benzene rings is 2. The van der Waals surface area contributed by atoms with Crippen molar-refractivity contribution in [2.75, 3.05) is 12.4 Å². The first-order chi connectivity index (χ1) is 11.0. The average molecular weight is 334 g/mol. The standard InChI is InChI=1S/C17H18O5S/c18-17(19)13-22-15-10-8-14(9-11-15)5-4-12-23(20,21)16-6-2-1-3-7-16/h1-3,6-11H,4-5,12-13H2,(H,18,19). The molecule has 0 bridgehead atoms. The number of hydrogen-bond acceptors (Lipinski definition) is 4. The minimum absolute atomic E-state index is 0.0915. The Kier molecular flexibility index (Phi) is 5.76. The van der Waals surface area contributed by atoms with Crippen molar-refractivity contribution in [2.45, 2.75) is 17.7 Å². The fraction of sp³-hybridized carbons (Fsp3) is 0.235. The van der Waals surface area contributed by atoms with Crippen molar-refractivity contribution >= 4 is 15.8 Å². The van der Waals surface area contributed by atoms with Crippen LogP contribution < -0.4 is 4.74 Å². The second kappa shape index (κ2) is 7.78. The smallest absolute Gasteiger partial charge is 0.341 e. The largest absolute Gasteiger partial charge is 0.482 e. The molecule has 0 unspecified atom stereocenters. The number of ether oxygens (including phenoxy) is 1. The van der Waals surface area contributed by atoms with Gasteiger partial charge in [-0.3, -0.25) is 0 Å². The lowest BCUT2D eigenvalue weighted by atomic mass is 10.1. The number of carbonyl (C=O) groups is 1. The minimum atomic E-state index is -3.25. The van der Waals surface area contributed by atoms with E-state index in [1.54, 1.807) is 42.5 Å². The van der Waals surface area contributed by atoms with Crippen LogP contribution >= 0.6 is 0 Å². The van der Waals surface area contributed by atoms with Crippen molar-refractivity contribution in [1.82, 2.24) is 0 Å². The van der Waals surface area contributed by atoms with Crippen LogP contribution in [0.4, 0.5) is 0 Å². The fourth-order valence-corrected chi connectivity index (χ4v) is 3.44. The van der Waals surface area contributed by atoms with E-state index in [0.29, 0.717) is 23.5 Å². The van der Waals surface area contributed by atoms with Crippen LogP contribution in [0.25, 0.3) is 0 Å². The lowest BCUT2D eigenvalue weighted by Crippen LogP contribution is -2.09. The monoisotopic (exact) mass is 334 g/mol. The van der Waals surface area contributed by atoms with Gasteiger partial charge in [0.15, 0.2) is 16.4 Å². The normalized spacial score (nSPS) is 11.1. The minimum Gasteiger partial charge on any atom is -0.482 e. The van der Waals surface area contributed by atoms with Gasteiger partial charge in [-0.05, 0) is 42.7 Å². The first kappa shape index (κ1) is 17.0. The van der Waals surface area contributed by atoms with E-state index in [0.717, 1.165) is 5.56 Å². The molecular formula is C17H18O5S. The second-order valence-electron chi connectivity index (χ2n) is 5.06. The lowest BCUT2D eigenvalue weighted by molar-refractivity contribution is -0.139. The van der Waals surface area contributed by atoms with E-state index in [1.165, 1.54) is 0 Å². The van der Waals surface area contributed by atoms with Crippen LogP contribution in [0.3, 0.4) is 0 Å². The Morgan fingerprint density at radius 2 is 1.65 bits per heavy atom. The lowest BCUT2D eigenvalue weighted by Gasteiger charge is -2.06. The van der Waals surface area contributed by atoms with Crippen LogP contribution in [-0.2, 0) is 21.1 Å². The predicted molar refractivity (Wildman–Crippen MR) is 86.4 cm³/mol. The van der Waals surface area contributed by atoms with E-state index in [4.69, 9.17) is 9.84 Å². The molecule has 0 saturated heterocycles. The summed E-state index contributed by atoms with van der Waals surface area (Å²) in [6, 6.07) is 15.4. The Morgan fingerprint density at radius 1 is 1.00 bits per heavy atom. The zero-order chi connectivity index (χ0) is 16.7. The molecule has 23 heavy (non-hydrogen) atoms. The van der Waals surface area contributed by atoms with E-state index in [1.807, 2.05) is 12.1 Å². The molecule has 0 aliphatic carbocycles. The van der Waals surface area contributed by atoms with Crippen molar-refractivity contribution < 1.29 is 23.1 Å². The molecule has 122 valence electrons. The molecule has 0 radical (unpaired) electrons. The molecule has 0 aliphatic heterocycles. The van der Waals surface area contributed by atoms with Crippen molar-refractivity contribution in [2.24, 2.45) is 0 Å². The molecular weight excluding hydrogens is 316 g/mol. The van der Waals surface area contributed by atoms with Crippen LogP contribution in [-0.4, -0.2) is 31.9 Å². The van der Waals surface area contributed by atoms with Gasteiger partial charge in [-0.1, -0.05) is 30.3 Å². The molecule has 1 N–H and O–H groups in total. The van der Waals surface area contributed by atoms with Gasteiger partial charge in [0.2, 0.25) is 0 Å². The van der Waals surface area contributed by atoms with Crippen molar-refractivity contribution in [3.8, 4) is 5.75 Å². The van der Waals surface area contributed by atoms with Crippen molar-refractivity contribution in [1.29, 1.82) is 0 Å². The first-order valence-corrected chi connectivity index (χ1v) is 8.84. The zero-order valence-corrected chi connectivity index (χ0v) is 13.3. The highest BCUT2D eigenvalue weighted by Gasteiger charge is 2.13. The third kappa shape index (κ3) is 5.41. The molecule has 0 aliphatic rings. The molecule has 0 atom stereocenters. The van der Waals surface area contributed by atoms with Gasteiger partial charge < -0.3 is 9.84 Å². The number of hydrogen-bond donors (Lipinski definition) is 1. The van der Waals surface area contributed by atoms with Gasteiger partial charge in [-0.15, -0.1) is 0 Å². The average Bonchev–Trinajstić information content (AvgIpc) is 2.55. The third-order valence-corrected chi connectivity index (χ3v) is 5.08. The first-order valence-electron chi connectivity index (χ1n) is 7.19. The van der Waals surface area contributed by atoms with E-state index in [2.05, 4.69) is 0 Å². The summed E-state index contributed by atoms with van der Waals surface area (Å²) in [5.41, 5.74) is 0.982. The van der Waals surface area contributed by atoms with Gasteiger partial charge in [-0.25, -0.2) is 13.2 Å². The van der Waals surface area contributed by atoms with E-state index in [-0.39, 0.29) is 12.4 Å². The van der Waals surface area contributed by atoms with Crippen LogP contribution in [0.5, 0.6) is 5.75 Å². The van der Waals surface area contributed by atoms with Gasteiger partial charge in [0.05, 0.1) is 10.6 Å². The number of aryl methyl sites for hydroxylation is 1. The van der Waals surface area contributed by atoms with E-state index >= 15 is 0 Å². The molecule has 2 aromatic rings. The van der Waals surface area contributed by atoms with E-state index in [9.17, 15) is 13.2 Å². The van der Waals surface area contributed by atoms with E-state index < -0.39 is 15.8 Å². The summed E-state index contributed by atoms with van der Waals surface area (Å²) < 4.78 is 29.3. The van der Waals surface area contributed by atoms with Crippen LogP contribution in [0.1, 0.15) is 12.0 Å². The number of carboxylic acid groups (broad SMARTS) is 1. The summed E-state index contributed by atoms with van der Waals surface area (Å²) in [6.07, 6.45) is 1.15. The maximum Gasteiger partial charge on any atom is 0.341 e. The highest BCUT2D eigenvalue weighted by Crippen LogP contribution is 2.15. The van der Waals surface area contributed by atoms with Crippen molar-refractivity contribution in [3.05, 3.63) is 60.2 Å². The number of sulfone groups is 1. The Morgan fingerprint density at radius 3 is 2.26 bits per heavy atom. The van der Waals surface area contributed by atoms with Gasteiger partial charge in [0.25, 0.3) is 0 Å². The highest BCUT2D eigenvalue weighted by atomic mass is 32.2. The summed E-state index contributed by atoms with van der Waals surface area (Å²) in [6.45, 7) is -0.380. The van der Waals surface area contributed by atoms with Crippen LogP contribution in [0, 0.1) is 0 Å². The summed E-state index contributed by atoms with van der Waals surface area (Å²) in [5.74, 6) is -0.456. The molecule has 0 aromatic heterocycles. The number of rotatable bonds is 8. The second-order valence-corrected chi connectivity index (χ2v) is 7.17. The molecule has 0 heterocycles. The van der Waals surface area contributed by atoms with Crippen LogP contribution in [0.15, 0.2) is 59.5 Å². The van der Waals surface area contributed by atoms with Gasteiger partial charge >= 0.3 is 5.97 Å². The molecule has 2 rings (SSSR count). The Labute approximate surface area is 135 Å². The van der Waals surface area contributed by atoms with Gasteiger partial charge in [-0.2, -0.15) is 0 Å². The molecule has 2 aromatic carbocycles. The summed E-state index contributed by atoms with van der Waals surface area (Å²) in [5, 5.41) is 8.53. The topological polar surface area (TPSA) is 80.7 Å². The van der Waals surface area contributed by atoms with Gasteiger partial charge in [0, 0.05) is 0 Å². The highest BCUT2D eigenvalue weighted by molar-refractivity contribution is 7.91. The fourth-order valence-electron chi connectivity index (χ4n) is 2.11. The zero-order valence-electron chi connectivity index (χ0n) is 12.5. The molecule has 5 nitrogen and oxygen atoms in total. The van der Waals surface area contributed by atoms with Gasteiger partial charge in [0.1, 0.15) is 5.75 Å². The molecule has 6 heteroatoms. The maximum atomic E-state index is 12.1. The molecule has 0 spiro atoms. The maximum absolute atomic E-state index is 12.1. The summed E-state index contributed by atoms with van der Waals surface area (Å²) >= 11 is 0. The SMILES string of the molecule is O=C(O)COc1ccc(CCCS(=O)(=O)c2ccccc2)cc1. The Hall–Kier alpha value is -2.34. The molecule has 0 amide bonds. The number of aliphatic carboxylic acids is 1. The number of carboxylic acids is 1. The Balaban J connectivity index is 1.85. The predicted octanol–water partition coefficient (Wildman–Crippen LogP) is 2.56. The molecule has 0 fully saturated rings. The quantitative estimate of drug-likeness (QED) is 0.802. The summed E-state index contributed by atoms with van der Waals surface area (Å²) in [7, 11) is -3.25. The Bertz CT molecular complexity index is 736. The third-order valence-electron chi connectivity index (χ3n) is 3.27. The summed E-state index contributed by atoms with van der Waals surface area (Å²) in [4.78, 5) is 10.8. The molecule has 0 saturated carbocycles. The van der Waals surface area contributed by atoms with Crippen LogP contribution in [0.2, 0.25) is 0 Å². The van der Waals surface area contributed by atoms with Crippen molar-refractivity contribution in [3.63, 3.8) is 0 Å².